The van der Waals surface area contributed by atoms with Gasteiger partial charge in [-0.2, -0.15) is 4.91 Å². The third-order valence-corrected chi connectivity index (χ3v) is 6.94. The Morgan fingerprint density at radius 2 is 2.06 bits per heavy atom. The van der Waals surface area contributed by atoms with Crippen LogP contribution < -0.4 is 5.32 Å². The summed E-state index contributed by atoms with van der Waals surface area (Å²) in [6.45, 7) is 5.33. The SMILES string of the molecule is CCS(=O)(=O)c1ccc([C@H](/C=C/CN=O)NC(=O)C2=C/CCCN(C)C[C@@H](C)/N=C\2)cc1. The Balaban J connectivity index is 2.25. The molecule has 2 atom stereocenters. The van der Waals surface area contributed by atoms with Crippen LogP contribution in [-0.4, -0.2) is 63.9 Å². The first-order valence-corrected chi connectivity index (χ1v) is 12.4. The molecule has 1 amide bonds. The molecule has 0 bridgehead atoms. The molecule has 174 valence electrons. The van der Waals surface area contributed by atoms with Gasteiger partial charge in [-0.1, -0.05) is 42.5 Å². The standard InChI is InChI=1S/C23H32N4O4S/c1-4-32(30,31)21-12-10-19(11-13-21)22(9-7-14-25-29)26-23(28)20-8-5-6-15-27(3)17-18(2)24-16-20/h7-13,16,18,22H,4-6,14-15,17H2,1-3H3,(H,26,28)/b9-7+,20-8+,24-16-/t18-,22+/m1/s1. The lowest BCUT2D eigenvalue weighted by molar-refractivity contribution is -0.117. The average molecular weight is 461 g/mol. The summed E-state index contributed by atoms with van der Waals surface area (Å²) < 4.78 is 24.2. The maximum absolute atomic E-state index is 13.0. The van der Waals surface area contributed by atoms with E-state index in [0.717, 1.165) is 25.9 Å². The van der Waals surface area contributed by atoms with Gasteiger partial charge < -0.3 is 10.2 Å². The highest BCUT2D eigenvalue weighted by Gasteiger charge is 2.17. The van der Waals surface area contributed by atoms with Crippen molar-refractivity contribution >= 4 is 22.0 Å². The van der Waals surface area contributed by atoms with E-state index in [1.54, 1.807) is 37.4 Å². The van der Waals surface area contributed by atoms with Gasteiger partial charge in [0.25, 0.3) is 5.91 Å². The van der Waals surface area contributed by atoms with Crippen LogP contribution in [0.4, 0.5) is 0 Å². The van der Waals surface area contributed by atoms with Crippen LogP contribution in [0, 0.1) is 4.91 Å². The number of aliphatic imine (C=N–C) groups is 1. The Morgan fingerprint density at radius 3 is 2.72 bits per heavy atom. The number of benzene rings is 1. The van der Waals surface area contributed by atoms with E-state index in [4.69, 9.17) is 0 Å². The summed E-state index contributed by atoms with van der Waals surface area (Å²) >= 11 is 0. The molecular formula is C23H32N4O4S. The number of allylic oxidation sites excluding steroid dienone is 1. The van der Waals surface area contributed by atoms with Gasteiger partial charge in [0.15, 0.2) is 9.84 Å². The van der Waals surface area contributed by atoms with Crippen molar-refractivity contribution in [2.75, 3.05) is 32.4 Å². The summed E-state index contributed by atoms with van der Waals surface area (Å²) in [7, 11) is -1.25. The molecule has 8 nitrogen and oxygen atoms in total. The molecule has 0 saturated heterocycles. The molecule has 0 radical (unpaired) electrons. The molecule has 0 fully saturated rings. The van der Waals surface area contributed by atoms with E-state index in [2.05, 4.69) is 27.4 Å². The predicted molar refractivity (Wildman–Crippen MR) is 128 cm³/mol. The fraction of sp³-hybridized carbons (Fsp3) is 0.478. The fourth-order valence-electron chi connectivity index (χ4n) is 3.38. The Morgan fingerprint density at radius 1 is 1.34 bits per heavy atom. The lowest BCUT2D eigenvalue weighted by Crippen LogP contribution is -2.31. The number of sulfone groups is 1. The molecule has 2 rings (SSSR count). The molecule has 32 heavy (non-hydrogen) atoms. The van der Waals surface area contributed by atoms with Crippen molar-refractivity contribution in [3.63, 3.8) is 0 Å². The van der Waals surface area contributed by atoms with Crippen molar-refractivity contribution < 1.29 is 13.2 Å². The Kier molecular flexibility index (Phi) is 9.93. The lowest BCUT2D eigenvalue weighted by atomic mass is 10.1. The molecule has 0 unspecified atom stereocenters. The number of carbonyl (C=O) groups excluding carboxylic acids is 1. The summed E-state index contributed by atoms with van der Waals surface area (Å²) in [6, 6.07) is 5.91. The molecule has 1 N–H and O–H groups in total. The lowest BCUT2D eigenvalue weighted by Gasteiger charge is -2.20. The number of carbonyl (C=O) groups is 1. The molecule has 0 aliphatic carbocycles. The zero-order valence-electron chi connectivity index (χ0n) is 18.9. The van der Waals surface area contributed by atoms with Gasteiger partial charge in [0, 0.05) is 12.8 Å². The normalized spacial score (nSPS) is 22.0. The molecule has 1 aromatic carbocycles. The highest BCUT2D eigenvalue weighted by molar-refractivity contribution is 7.91. The van der Waals surface area contributed by atoms with Gasteiger partial charge in [0.05, 0.1) is 34.8 Å². The van der Waals surface area contributed by atoms with Gasteiger partial charge in [0.1, 0.15) is 0 Å². The van der Waals surface area contributed by atoms with Crippen molar-refractivity contribution in [1.82, 2.24) is 10.2 Å². The molecule has 0 spiro atoms. The van der Waals surface area contributed by atoms with Crippen LogP contribution >= 0.6 is 0 Å². The smallest absolute Gasteiger partial charge is 0.253 e. The monoisotopic (exact) mass is 460 g/mol. The van der Waals surface area contributed by atoms with E-state index >= 15 is 0 Å². The summed E-state index contributed by atoms with van der Waals surface area (Å²) in [5.41, 5.74) is 1.18. The number of hydrogen-bond acceptors (Lipinski definition) is 7. The predicted octanol–water partition coefficient (Wildman–Crippen LogP) is 3.07. The fourth-order valence-corrected chi connectivity index (χ4v) is 4.26. The topological polar surface area (TPSA) is 108 Å². The molecular weight excluding hydrogens is 428 g/mol. The Bertz CT molecular complexity index is 968. The summed E-state index contributed by atoms with van der Waals surface area (Å²) in [5, 5.41) is 5.77. The van der Waals surface area contributed by atoms with E-state index in [-0.39, 0.29) is 29.1 Å². The second-order valence-corrected chi connectivity index (χ2v) is 10.1. The van der Waals surface area contributed by atoms with E-state index in [9.17, 15) is 18.1 Å². The number of hydrogen-bond donors (Lipinski definition) is 1. The Hall–Kier alpha value is -2.65. The second-order valence-electron chi connectivity index (χ2n) is 7.85. The molecule has 9 heteroatoms. The van der Waals surface area contributed by atoms with Crippen molar-refractivity contribution in [3.05, 3.63) is 58.5 Å². The molecule has 1 aliphatic heterocycles. The van der Waals surface area contributed by atoms with E-state index < -0.39 is 15.9 Å². The molecule has 1 aromatic rings. The number of likely N-dealkylation sites (N-methyl/N-ethyl adjacent to an activating group) is 1. The number of rotatable bonds is 8. The highest BCUT2D eigenvalue weighted by Crippen LogP contribution is 2.19. The highest BCUT2D eigenvalue weighted by atomic mass is 32.2. The molecule has 0 saturated carbocycles. The van der Waals surface area contributed by atoms with Gasteiger partial charge in [0.2, 0.25) is 0 Å². The first-order valence-electron chi connectivity index (χ1n) is 10.8. The van der Waals surface area contributed by atoms with Crippen molar-refractivity contribution in [3.8, 4) is 0 Å². The first kappa shape index (κ1) is 25.6. The quantitative estimate of drug-likeness (QED) is 0.474. The minimum Gasteiger partial charge on any atom is -0.342 e. The number of amides is 1. The average Bonchev–Trinajstić information content (AvgIpc) is 2.77. The van der Waals surface area contributed by atoms with Crippen LogP contribution in [0.3, 0.4) is 0 Å². The van der Waals surface area contributed by atoms with E-state index in [0.29, 0.717) is 11.1 Å². The zero-order valence-corrected chi connectivity index (χ0v) is 19.7. The van der Waals surface area contributed by atoms with Crippen LogP contribution in [0.1, 0.15) is 38.3 Å². The number of nitrogens with zero attached hydrogens (tertiary/aromatic N) is 3. The molecule has 0 aromatic heterocycles. The van der Waals surface area contributed by atoms with Crippen LogP contribution in [0.15, 0.2) is 63.1 Å². The maximum Gasteiger partial charge on any atom is 0.253 e. The largest absolute Gasteiger partial charge is 0.342 e. The van der Waals surface area contributed by atoms with Crippen LogP contribution in [0.5, 0.6) is 0 Å². The minimum atomic E-state index is -3.32. The third-order valence-electron chi connectivity index (χ3n) is 5.19. The number of nitroso groups, excluding NO2 is 1. The molecule has 1 heterocycles. The van der Waals surface area contributed by atoms with Gasteiger partial charge in [-0.3, -0.25) is 9.79 Å². The summed E-state index contributed by atoms with van der Waals surface area (Å²) in [5.74, 6) is -0.270. The van der Waals surface area contributed by atoms with Crippen LogP contribution in [-0.2, 0) is 14.6 Å². The van der Waals surface area contributed by atoms with Gasteiger partial charge in [-0.25, -0.2) is 8.42 Å². The summed E-state index contributed by atoms with van der Waals surface area (Å²) in [6.07, 6.45) is 8.45. The van der Waals surface area contributed by atoms with Crippen LogP contribution in [0.25, 0.3) is 0 Å². The van der Waals surface area contributed by atoms with E-state index in [1.165, 1.54) is 12.1 Å². The van der Waals surface area contributed by atoms with Crippen LogP contribution in [0.2, 0.25) is 0 Å². The minimum absolute atomic E-state index is 0.0130. The van der Waals surface area contributed by atoms with Gasteiger partial charge in [-0.15, -0.1) is 0 Å². The third kappa shape index (κ3) is 7.80. The van der Waals surface area contributed by atoms with Gasteiger partial charge in [-0.05, 0) is 51.1 Å². The molecule has 1 aliphatic rings. The van der Waals surface area contributed by atoms with Gasteiger partial charge >= 0.3 is 0 Å². The number of nitrogens with one attached hydrogen (secondary N) is 1. The van der Waals surface area contributed by atoms with Crippen molar-refractivity contribution in [2.45, 2.75) is 43.7 Å². The summed E-state index contributed by atoms with van der Waals surface area (Å²) in [4.78, 5) is 30.5. The van der Waals surface area contributed by atoms with Crippen molar-refractivity contribution in [2.24, 2.45) is 10.2 Å². The van der Waals surface area contributed by atoms with Crippen molar-refractivity contribution in [1.29, 1.82) is 0 Å². The second kappa shape index (κ2) is 12.4. The first-order chi connectivity index (χ1) is 15.3. The van der Waals surface area contributed by atoms with E-state index in [1.807, 2.05) is 13.0 Å². The Labute approximate surface area is 190 Å². The maximum atomic E-state index is 13.0. The zero-order chi connectivity index (χ0) is 23.6.